The van der Waals surface area contributed by atoms with E-state index >= 15 is 0 Å². The summed E-state index contributed by atoms with van der Waals surface area (Å²) in [7, 11) is 3.24. The third kappa shape index (κ3) is 8.60. The van der Waals surface area contributed by atoms with E-state index in [2.05, 4.69) is 0 Å². The lowest BCUT2D eigenvalue weighted by Gasteiger charge is -2.27. The average molecular weight is 354 g/mol. The van der Waals surface area contributed by atoms with Gasteiger partial charge in [-0.2, -0.15) is 5.06 Å². The molecule has 0 saturated heterocycles. The number of hydrogen-bond acceptors (Lipinski definition) is 5. The summed E-state index contributed by atoms with van der Waals surface area (Å²) in [6.45, 7) is 5.79. The molecule has 0 unspecified atom stereocenters. The van der Waals surface area contributed by atoms with Crippen molar-refractivity contribution in [1.29, 1.82) is 0 Å². The van der Waals surface area contributed by atoms with Crippen molar-refractivity contribution in [3.05, 3.63) is 35.6 Å². The first-order valence-corrected chi connectivity index (χ1v) is 8.10. The van der Waals surface area contributed by atoms with Gasteiger partial charge in [0.1, 0.15) is 11.4 Å². The van der Waals surface area contributed by atoms with Crippen molar-refractivity contribution in [2.45, 2.75) is 39.3 Å². The molecule has 0 aliphatic carbocycles. The Labute approximate surface area is 148 Å². The van der Waals surface area contributed by atoms with Gasteiger partial charge in [0.25, 0.3) is 0 Å². The van der Waals surface area contributed by atoms with Gasteiger partial charge in [0.15, 0.2) is 5.78 Å². The molecule has 1 rings (SSSR count). The van der Waals surface area contributed by atoms with Crippen molar-refractivity contribution in [1.82, 2.24) is 9.96 Å². The van der Waals surface area contributed by atoms with Gasteiger partial charge in [0.05, 0.1) is 13.7 Å². The van der Waals surface area contributed by atoms with Crippen molar-refractivity contribution in [3.8, 4) is 0 Å². The summed E-state index contributed by atoms with van der Waals surface area (Å²) < 4.78 is 18.4. The summed E-state index contributed by atoms with van der Waals surface area (Å²) in [6, 6.07) is 5.79. The molecule has 0 aromatic heterocycles. The number of halogens is 1. The maximum absolute atomic E-state index is 13.0. The number of rotatable bonds is 8. The Morgan fingerprint density at radius 1 is 1.16 bits per heavy atom. The van der Waals surface area contributed by atoms with Gasteiger partial charge in [-0.3, -0.25) is 9.69 Å². The molecule has 0 aliphatic heterocycles. The van der Waals surface area contributed by atoms with Gasteiger partial charge >= 0.3 is 6.09 Å². The molecule has 0 heterocycles. The molecule has 0 spiro atoms. The molecule has 0 aliphatic rings. The molecule has 0 bridgehead atoms. The molecule has 0 N–H and O–H groups in total. The molecule has 0 atom stereocenters. The topological polar surface area (TPSA) is 59.1 Å². The van der Waals surface area contributed by atoms with Crippen LogP contribution in [-0.4, -0.2) is 54.7 Å². The molecule has 6 nitrogen and oxygen atoms in total. The molecule has 1 aromatic rings. The molecule has 1 aromatic carbocycles. The predicted octanol–water partition coefficient (Wildman–Crippen LogP) is 3.02. The summed E-state index contributed by atoms with van der Waals surface area (Å²) in [5.41, 5.74) is 0.0475. The smallest absolute Gasteiger partial charge is 0.410 e. The Balaban J connectivity index is 2.78. The second-order valence-electron chi connectivity index (χ2n) is 6.79. The van der Waals surface area contributed by atoms with Crippen LogP contribution in [0.5, 0.6) is 0 Å². The minimum atomic E-state index is -0.669. The SMILES string of the molecule is CON(C)CCC(=O)CN(Cc1ccc(F)cc1)C(=O)OC(C)(C)C. The number of ketones is 1. The normalized spacial score (nSPS) is 11.5. The summed E-state index contributed by atoms with van der Waals surface area (Å²) in [5, 5.41) is 1.54. The van der Waals surface area contributed by atoms with Gasteiger partial charge in [-0.15, -0.1) is 0 Å². The van der Waals surface area contributed by atoms with Crippen LogP contribution in [0.4, 0.5) is 9.18 Å². The van der Waals surface area contributed by atoms with Crippen LogP contribution >= 0.6 is 0 Å². The highest BCUT2D eigenvalue weighted by atomic mass is 19.1. The molecule has 25 heavy (non-hydrogen) atoms. The minimum Gasteiger partial charge on any atom is -0.444 e. The van der Waals surface area contributed by atoms with Gasteiger partial charge in [-0.1, -0.05) is 12.1 Å². The second kappa shape index (κ2) is 9.48. The van der Waals surface area contributed by atoms with E-state index in [0.29, 0.717) is 12.1 Å². The Kier molecular flexibility index (Phi) is 7.99. The van der Waals surface area contributed by atoms with E-state index < -0.39 is 11.7 Å². The largest absolute Gasteiger partial charge is 0.444 e. The van der Waals surface area contributed by atoms with Crippen molar-refractivity contribution < 1.29 is 23.6 Å². The number of hydrogen-bond donors (Lipinski definition) is 0. The Hall–Kier alpha value is -1.99. The predicted molar refractivity (Wildman–Crippen MR) is 92.3 cm³/mol. The van der Waals surface area contributed by atoms with Gasteiger partial charge < -0.3 is 9.57 Å². The number of hydroxylamine groups is 2. The van der Waals surface area contributed by atoms with Crippen molar-refractivity contribution in [2.24, 2.45) is 0 Å². The molecule has 0 fully saturated rings. The third-order valence-corrected chi connectivity index (χ3v) is 3.32. The molecule has 7 heteroatoms. The van der Waals surface area contributed by atoms with Gasteiger partial charge in [0.2, 0.25) is 0 Å². The number of carbonyl (C=O) groups excluding carboxylic acids is 2. The number of carbonyl (C=O) groups is 2. The first-order valence-electron chi connectivity index (χ1n) is 8.10. The standard InChI is InChI=1S/C18H27FN2O4/c1-18(2,3)25-17(23)21(12-14-6-8-15(19)9-7-14)13-16(22)10-11-20(4)24-5/h6-9H,10-13H2,1-5H3. The molecule has 1 amide bonds. The van der Waals surface area contributed by atoms with Crippen molar-refractivity contribution in [3.63, 3.8) is 0 Å². The molecule has 0 radical (unpaired) electrons. The zero-order valence-corrected chi connectivity index (χ0v) is 15.5. The van der Waals surface area contributed by atoms with E-state index in [1.807, 2.05) is 0 Å². The van der Waals surface area contributed by atoms with E-state index in [9.17, 15) is 14.0 Å². The van der Waals surface area contributed by atoms with Gasteiger partial charge in [-0.25, -0.2) is 9.18 Å². The number of benzene rings is 1. The van der Waals surface area contributed by atoms with Crippen LogP contribution in [0.15, 0.2) is 24.3 Å². The number of ether oxygens (including phenoxy) is 1. The highest BCUT2D eigenvalue weighted by Crippen LogP contribution is 2.13. The summed E-state index contributed by atoms with van der Waals surface area (Å²) in [5.74, 6) is -0.469. The van der Waals surface area contributed by atoms with Crippen LogP contribution in [0.25, 0.3) is 0 Å². The Morgan fingerprint density at radius 2 is 1.76 bits per heavy atom. The first-order chi connectivity index (χ1) is 11.6. The summed E-state index contributed by atoms with van der Waals surface area (Å²) in [6.07, 6.45) is -0.335. The van der Waals surface area contributed by atoms with Crippen LogP contribution in [0.2, 0.25) is 0 Å². The fraction of sp³-hybridized carbons (Fsp3) is 0.556. The highest BCUT2D eigenvalue weighted by Gasteiger charge is 2.24. The van der Waals surface area contributed by atoms with E-state index in [-0.39, 0.29) is 31.1 Å². The molecule has 140 valence electrons. The van der Waals surface area contributed by atoms with Gasteiger partial charge in [0, 0.05) is 26.6 Å². The maximum atomic E-state index is 13.0. The summed E-state index contributed by atoms with van der Waals surface area (Å²) >= 11 is 0. The number of amides is 1. The van der Waals surface area contributed by atoms with E-state index in [0.717, 1.165) is 0 Å². The average Bonchev–Trinajstić information content (AvgIpc) is 2.52. The van der Waals surface area contributed by atoms with Crippen LogP contribution in [0, 0.1) is 5.82 Å². The molecular formula is C18H27FN2O4. The lowest BCUT2D eigenvalue weighted by Crippen LogP contribution is -2.40. The highest BCUT2D eigenvalue weighted by molar-refractivity contribution is 5.84. The van der Waals surface area contributed by atoms with E-state index in [4.69, 9.17) is 9.57 Å². The van der Waals surface area contributed by atoms with Crippen LogP contribution in [0.3, 0.4) is 0 Å². The van der Waals surface area contributed by atoms with Crippen LogP contribution < -0.4 is 0 Å². The fourth-order valence-electron chi connectivity index (χ4n) is 1.99. The van der Waals surface area contributed by atoms with Crippen molar-refractivity contribution >= 4 is 11.9 Å². The monoisotopic (exact) mass is 354 g/mol. The molecular weight excluding hydrogens is 327 g/mol. The summed E-state index contributed by atoms with van der Waals surface area (Å²) in [4.78, 5) is 30.9. The lowest BCUT2D eigenvalue weighted by molar-refractivity contribution is -0.129. The maximum Gasteiger partial charge on any atom is 0.410 e. The van der Waals surface area contributed by atoms with Crippen molar-refractivity contribution in [2.75, 3.05) is 27.2 Å². The van der Waals surface area contributed by atoms with Crippen LogP contribution in [-0.2, 0) is 20.9 Å². The number of Topliss-reactive ketones (excluding diaryl/α,β-unsaturated/α-hetero) is 1. The molecule has 0 saturated carbocycles. The van der Waals surface area contributed by atoms with Gasteiger partial charge in [-0.05, 0) is 38.5 Å². The quantitative estimate of drug-likeness (QED) is 0.672. The first kappa shape index (κ1) is 21.1. The minimum absolute atomic E-state index is 0.0795. The number of nitrogens with zero attached hydrogens (tertiary/aromatic N) is 2. The Bertz CT molecular complexity index is 569. The zero-order valence-electron chi connectivity index (χ0n) is 15.5. The fourth-order valence-corrected chi connectivity index (χ4v) is 1.99. The van der Waals surface area contributed by atoms with E-state index in [1.165, 1.54) is 29.2 Å². The second-order valence-corrected chi connectivity index (χ2v) is 6.79. The zero-order chi connectivity index (χ0) is 19.0. The lowest BCUT2D eigenvalue weighted by atomic mass is 10.2. The Morgan fingerprint density at radius 3 is 2.28 bits per heavy atom. The van der Waals surface area contributed by atoms with E-state index in [1.54, 1.807) is 40.0 Å². The third-order valence-electron chi connectivity index (χ3n) is 3.32. The van der Waals surface area contributed by atoms with Crippen LogP contribution in [0.1, 0.15) is 32.8 Å².